The third-order valence-electron chi connectivity index (χ3n) is 2.07. The van der Waals surface area contributed by atoms with Gasteiger partial charge in [0.2, 0.25) is 10.0 Å². The van der Waals surface area contributed by atoms with E-state index in [9.17, 15) is 8.42 Å². The monoisotopic (exact) mass is 205 g/mol. The smallest absolute Gasteiger partial charge is 0.215 e. The maximum atomic E-state index is 11.6. The summed E-state index contributed by atoms with van der Waals surface area (Å²) in [6.45, 7) is 4.93. The SMILES string of the molecule is CCCCCS(=O)(=O)N1[CH]NCC1. The molecule has 0 aromatic carbocycles. The number of hydrogen-bond acceptors (Lipinski definition) is 3. The summed E-state index contributed by atoms with van der Waals surface area (Å²) in [6, 6.07) is 0. The van der Waals surface area contributed by atoms with E-state index in [-0.39, 0.29) is 5.75 Å². The highest BCUT2D eigenvalue weighted by Crippen LogP contribution is 2.09. The van der Waals surface area contributed by atoms with E-state index in [1.54, 1.807) is 6.67 Å². The van der Waals surface area contributed by atoms with Crippen LogP contribution in [-0.4, -0.2) is 31.6 Å². The van der Waals surface area contributed by atoms with Gasteiger partial charge in [0.25, 0.3) is 0 Å². The topological polar surface area (TPSA) is 49.4 Å². The van der Waals surface area contributed by atoms with Gasteiger partial charge in [0.1, 0.15) is 6.67 Å². The molecule has 0 spiro atoms. The van der Waals surface area contributed by atoms with Gasteiger partial charge in [-0.25, -0.2) is 8.42 Å². The summed E-state index contributed by atoms with van der Waals surface area (Å²) >= 11 is 0. The van der Waals surface area contributed by atoms with Crippen LogP contribution in [0, 0.1) is 6.67 Å². The maximum absolute atomic E-state index is 11.6. The van der Waals surface area contributed by atoms with Crippen molar-refractivity contribution < 1.29 is 8.42 Å². The minimum absolute atomic E-state index is 0.277. The number of rotatable bonds is 5. The van der Waals surface area contributed by atoms with Gasteiger partial charge in [0, 0.05) is 13.1 Å². The fourth-order valence-corrected chi connectivity index (χ4v) is 2.68. The molecule has 0 atom stereocenters. The molecular formula is C8H17N2O2S. The Bertz CT molecular complexity index is 233. The molecule has 0 unspecified atom stereocenters. The minimum atomic E-state index is -3.02. The van der Waals surface area contributed by atoms with Crippen LogP contribution in [0.5, 0.6) is 0 Å². The van der Waals surface area contributed by atoms with Crippen molar-refractivity contribution in [3.8, 4) is 0 Å². The number of sulfonamides is 1. The maximum Gasteiger partial charge on any atom is 0.215 e. The molecule has 4 nitrogen and oxygen atoms in total. The molecule has 5 heteroatoms. The number of nitrogens with zero attached hydrogens (tertiary/aromatic N) is 1. The Hall–Kier alpha value is -0.130. The van der Waals surface area contributed by atoms with Crippen LogP contribution in [0.1, 0.15) is 26.2 Å². The van der Waals surface area contributed by atoms with Gasteiger partial charge in [0.05, 0.1) is 5.75 Å². The lowest BCUT2D eigenvalue weighted by Gasteiger charge is -2.13. The van der Waals surface area contributed by atoms with Gasteiger partial charge < -0.3 is 0 Å². The van der Waals surface area contributed by atoms with E-state index in [4.69, 9.17) is 0 Å². The Morgan fingerprint density at radius 3 is 2.77 bits per heavy atom. The molecule has 0 aromatic rings. The van der Waals surface area contributed by atoms with Gasteiger partial charge in [-0.1, -0.05) is 19.8 Å². The minimum Gasteiger partial charge on any atom is -0.297 e. The second kappa shape index (κ2) is 4.93. The number of nitrogens with one attached hydrogen (secondary N) is 1. The Morgan fingerprint density at radius 1 is 1.46 bits per heavy atom. The summed E-state index contributed by atoms with van der Waals surface area (Å²) in [6.07, 6.45) is 2.81. The lowest BCUT2D eigenvalue weighted by Crippen LogP contribution is -2.28. The van der Waals surface area contributed by atoms with E-state index in [1.807, 2.05) is 0 Å². The van der Waals surface area contributed by atoms with Crippen LogP contribution in [0.4, 0.5) is 0 Å². The van der Waals surface area contributed by atoms with E-state index in [1.165, 1.54) is 4.31 Å². The average molecular weight is 205 g/mol. The summed E-state index contributed by atoms with van der Waals surface area (Å²) < 4.78 is 24.5. The van der Waals surface area contributed by atoms with Crippen LogP contribution in [0.15, 0.2) is 0 Å². The zero-order chi connectivity index (χ0) is 9.73. The predicted molar refractivity (Wildman–Crippen MR) is 52.3 cm³/mol. The molecule has 0 saturated carbocycles. The van der Waals surface area contributed by atoms with E-state index in [0.717, 1.165) is 25.8 Å². The first-order valence-electron chi connectivity index (χ1n) is 4.73. The first-order chi connectivity index (χ1) is 6.17. The van der Waals surface area contributed by atoms with Crippen molar-refractivity contribution in [2.45, 2.75) is 26.2 Å². The number of hydrogen-bond donors (Lipinski definition) is 1. The second-order valence-electron chi connectivity index (χ2n) is 3.22. The van der Waals surface area contributed by atoms with Crippen molar-refractivity contribution in [3.05, 3.63) is 6.67 Å². The van der Waals surface area contributed by atoms with Crippen molar-refractivity contribution in [2.24, 2.45) is 0 Å². The Morgan fingerprint density at radius 2 is 2.23 bits per heavy atom. The van der Waals surface area contributed by atoms with Crippen LogP contribution in [0.3, 0.4) is 0 Å². The molecule has 1 aliphatic rings. The molecule has 1 heterocycles. The fraction of sp³-hybridized carbons (Fsp3) is 0.875. The highest BCUT2D eigenvalue weighted by Gasteiger charge is 2.24. The largest absolute Gasteiger partial charge is 0.297 e. The van der Waals surface area contributed by atoms with Crippen molar-refractivity contribution in [1.82, 2.24) is 9.62 Å². The van der Waals surface area contributed by atoms with Gasteiger partial charge in [-0.05, 0) is 6.42 Å². The van der Waals surface area contributed by atoms with E-state index >= 15 is 0 Å². The summed E-state index contributed by atoms with van der Waals surface area (Å²) in [5.41, 5.74) is 0. The molecule has 1 fully saturated rings. The van der Waals surface area contributed by atoms with Crippen molar-refractivity contribution >= 4 is 10.0 Å². The molecule has 1 radical (unpaired) electrons. The van der Waals surface area contributed by atoms with Gasteiger partial charge in [-0.3, -0.25) is 5.32 Å². The van der Waals surface area contributed by atoms with Gasteiger partial charge in [-0.2, -0.15) is 4.31 Å². The van der Waals surface area contributed by atoms with Crippen molar-refractivity contribution in [3.63, 3.8) is 0 Å². The summed E-state index contributed by atoms with van der Waals surface area (Å²) in [4.78, 5) is 0. The van der Waals surface area contributed by atoms with Gasteiger partial charge >= 0.3 is 0 Å². The molecule has 1 aliphatic heterocycles. The highest BCUT2D eigenvalue weighted by molar-refractivity contribution is 7.89. The molecule has 0 aliphatic carbocycles. The molecule has 77 valence electrons. The van der Waals surface area contributed by atoms with Crippen molar-refractivity contribution in [1.29, 1.82) is 0 Å². The molecular weight excluding hydrogens is 188 g/mol. The molecule has 1 saturated heterocycles. The molecule has 13 heavy (non-hydrogen) atoms. The standard InChI is InChI=1S/C8H17N2O2S/c1-2-3-4-7-13(11,12)10-6-5-9-8-10/h8-9H,2-7H2,1H3. The van der Waals surface area contributed by atoms with Crippen LogP contribution >= 0.6 is 0 Å². The van der Waals surface area contributed by atoms with Gasteiger partial charge in [0.15, 0.2) is 0 Å². The molecule has 0 amide bonds. The molecule has 1 N–H and O–H groups in total. The Labute approximate surface area is 80.4 Å². The second-order valence-corrected chi connectivity index (χ2v) is 5.26. The zero-order valence-corrected chi connectivity index (χ0v) is 8.81. The average Bonchev–Trinajstić information content (AvgIpc) is 2.56. The lowest BCUT2D eigenvalue weighted by atomic mass is 10.3. The van der Waals surface area contributed by atoms with Crippen LogP contribution < -0.4 is 5.32 Å². The Balaban J connectivity index is 2.36. The van der Waals surface area contributed by atoms with Crippen LogP contribution in [0.2, 0.25) is 0 Å². The first-order valence-corrected chi connectivity index (χ1v) is 6.34. The molecule has 0 bridgehead atoms. The van der Waals surface area contributed by atoms with Crippen LogP contribution in [0.25, 0.3) is 0 Å². The van der Waals surface area contributed by atoms with Crippen LogP contribution in [-0.2, 0) is 10.0 Å². The zero-order valence-electron chi connectivity index (χ0n) is 7.99. The Kier molecular flexibility index (Phi) is 4.15. The summed E-state index contributed by atoms with van der Waals surface area (Å²) in [5.74, 6) is 0.277. The summed E-state index contributed by atoms with van der Waals surface area (Å²) in [5, 5.41) is 2.89. The van der Waals surface area contributed by atoms with E-state index < -0.39 is 10.0 Å². The third-order valence-corrected chi connectivity index (χ3v) is 3.88. The van der Waals surface area contributed by atoms with Crippen molar-refractivity contribution in [2.75, 3.05) is 18.8 Å². The number of unbranched alkanes of at least 4 members (excludes halogenated alkanes) is 2. The summed E-state index contributed by atoms with van der Waals surface area (Å²) in [7, 11) is -3.02. The highest BCUT2D eigenvalue weighted by atomic mass is 32.2. The van der Waals surface area contributed by atoms with E-state index in [2.05, 4.69) is 12.2 Å². The van der Waals surface area contributed by atoms with Gasteiger partial charge in [-0.15, -0.1) is 0 Å². The molecule has 0 aromatic heterocycles. The third kappa shape index (κ3) is 3.25. The predicted octanol–water partition coefficient (Wildman–Crippen LogP) is 0.531. The normalized spacial score (nSPS) is 19.5. The molecule has 1 rings (SSSR count). The first kappa shape index (κ1) is 10.9. The quantitative estimate of drug-likeness (QED) is 0.666. The van der Waals surface area contributed by atoms with E-state index in [0.29, 0.717) is 6.54 Å². The lowest BCUT2D eigenvalue weighted by molar-refractivity contribution is 0.505. The fourth-order valence-electron chi connectivity index (χ4n) is 1.28.